The van der Waals surface area contributed by atoms with E-state index in [0.29, 0.717) is 0 Å². The van der Waals surface area contributed by atoms with Gasteiger partial charge in [-0.15, -0.1) is 0 Å². The first kappa shape index (κ1) is 26.9. The highest BCUT2D eigenvalue weighted by Crippen LogP contribution is 2.25. The molecule has 2 aliphatic heterocycles. The van der Waals surface area contributed by atoms with Gasteiger partial charge < -0.3 is 50.3 Å². The van der Waals surface area contributed by atoms with Crippen molar-refractivity contribution in [1.82, 2.24) is 0 Å². The van der Waals surface area contributed by atoms with Gasteiger partial charge in [0.1, 0.15) is 48.8 Å². The van der Waals surface area contributed by atoms with Crippen LogP contribution >= 0.6 is 0 Å². The summed E-state index contributed by atoms with van der Waals surface area (Å²) in [6.45, 7) is -0.939. The predicted octanol–water partition coefficient (Wildman–Crippen LogP) is -1.82. The van der Waals surface area contributed by atoms with Gasteiger partial charge in [0.25, 0.3) is 0 Å². The topological polar surface area (TPSA) is 180 Å². The van der Waals surface area contributed by atoms with Crippen LogP contribution in [0.3, 0.4) is 0 Å². The van der Waals surface area contributed by atoms with Crippen LogP contribution < -0.4 is 0 Å². The first-order valence-corrected chi connectivity index (χ1v) is 11.3. The minimum Gasteiger partial charge on any atom is -0.394 e. The highest BCUT2D eigenvalue weighted by Gasteiger charge is 2.43. The van der Waals surface area contributed by atoms with Gasteiger partial charge in [-0.25, -0.2) is 0 Å². The summed E-state index contributed by atoms with van der Waals surface area (Å²) in [5.74, 6) is 0. The van der Waals surface area contributed by atoms with Gasteiger partial charge in [0, 0.05) is 0 Å². The maximum atomic E-state index is 10.1. The van der Waals surface area contributed by atoms with Crippen molar-refractivity contribution in [2.24, 2.45) is 0 Å². The highest BCUT2D eigenvalue weighted by atomic mass is 16.5. The van der Waals surface area contributed by atoms with Crippen molar-refractivity contribution >= 4 is 12.2 Å². The van der Waals surface area contributed by atoms with Crippen LogP contribution in [0.1, 0.15) is 24.0 Å². The fourth-order valence-corrected chi connectivity index (χ4v) is 4.19. The van der Waals surface area contributed by atoms with Gasteiger partial charge in [0.05, 0.1) is 25.4 Å². The average molecular weight is 483 g/mol. The third-order valence-electron chi connectivity index (χ3n) is 6.25. The Morgan fingerprint density at radius 3 is 1.35 bits per heavy atom. The number of hydrogen-bond acceptors (Lipinski definition) is 10. The predicted molar refractivity (Wildman–Crippen MR) is 121 cm³/mol. The van der Waals surface area contributed by atoms with Crippen LogP contribution in [0.15, 0.2) is 36.4 Å². The molecule has 2 fully saturated rings. The van der Waals surface area contributed by atoms with E-state index in [1.807, 2.05) is 36.4 Å². The first-order valence-electron chi connectivity index (χ1n) is 11.3. The molecule has 2 aliphatic rings. The zero-order chi connectivity index (χ0) is 24.8. The molecule has 0 unspecified atom stereocenters. The third kappa shape index (κ3) is 6.29. The summed E-state index contributed by atoms with van der Waals surface area (Å²) in [6, 6.07) is 7.49. The Hall–Kier alpha value is -1.70. The molecule has 0 bridgehead atoms. The van der Waals surface area contributed by atoms with Crippen molar-refractivity contribution in [2.45, 2.75) is 73.9 Å². The second kappa shape index (κ2) is 12.3. The summed E-state index contributed by atoms with van der Waals surface area (Å²) >= 11 is 0. The van der Waals surface area contributed by atoms with Gasteiger partial charge >= 0.3 is 0 Å². The van der Waals surface area contributed by atoms with Crippen molar-refractivity contribution in [1.29, 1.82) is 0 Å². The number of aliphatic hydroxyl groups is 8. The van der Waals surface area contributed by atoms with Crippen molar-refractivity contribution in [2.75, 3.05) is 13.2 Å². The second-order valence-electron chi connectivity index (χ2n) is 8.68. The van der Waals surface area contributed by atoms with Crippen LogP contribution in [-0.4, -0.2) is 115 Å². The van der Waals surface area contributed by atoms with Gasteiger partial charge in [-0.2, -0.15) is 0 Å². The third-order valence-corrected chi connectivity index (χ3v) is 6.25. The number of rotatable bonds is 8. The summed E-state index contributed by atoms with van der Waals surface area (Å²) < 4.78 is 11.0. The van der Waals surface area contributed by atoms with Crippen LogP contribution in [0.25, 0.3) is 12.2 Å². The van der Waals surface area contributed by atoms with E-state index in [1.54, 1.807) is 12.2 Å². The molecule has 0 amide bonds. The molecular weight excluding hydrogens is 448 g/mol. The average Bonchev–Trinajstić information content (AvgIpc) is 2.84. The van der Waals surface area contributed by atoms with E-state index in [2.05, 4.69) is 0 Å². The fourth-order valence-electron chi connectivity index (χ4n) is 4.19. The lowest BCUT2D eigenvalue weighted by atomic mass is 9.93. The maximum absolute atomic E-state index is 10.1. The van der Waals surface area contributed by atoms with Crippen molar-refractivity contribution in [3.63, 3.8) is 0 Å². The number of ether oxygens (including phenoxy) is 2. The van der Waals surface area contributed by atoms with Gasteiger partial charge in [-0.3, -0.25) is 0 Å². The molecule has 0 aliphatic carbocycles. The molecule has 0 radical (unpaired) electrons. The Morgan fingerprint density at radius 2 is 0.971 bits per heavy atom. The Kier molecular flexibility index (Phi) is 9.74. The molecule has 8 N–H and O–H groups in total. The van der Waals surface area contributed by atoms with E-state index in [1.165, 1.54) is 0 Å². The summed E-state index contributed by atoms with van der Waals surface area (Å²) in [6.07, 6.45) is -3.85. The van der Waals surface area contributed by atoms with Crippen LogP contribution in [-0.2, 0) is 9.47 Å². The molecule has 0 spiro atoms. The highest BCUT2D eigenvalue weighted by molar-refractivity contribution is 5.57. The number of hydrogen-bond donors (Lipinski definition) is 8. The molecule has 10 nitrogen and oxygen atoms in total. The fraction of sp³-hybridized carbons (Fsp3) is 0.583. The minimum absolute atomic E-state index is 0.263. The molecule has 1 aromatic carbocycles. The molecule has 10 heteroatoms. The Balaban J connectivity index is 1.56. The molecular formula is C24H34O10. The molecule has 2 heterocycles. The van der Waals surface area contributed by atoms with Gasteiger partial charge in [0.15, 0.2) is 0 Å². The van der Waals surface area contributed by atoms with E-state index >= 15 is 0 Å². The lowest BCUT2D eigenvalue weighted by molar-refractivity contribution is -0.227. The standard InChI is InChI=1S/C24H34O10/c25-11-17-21(29)23(31)19(27)15(33-17)8-2-6-13-4-1-5-14(10-13)7-3-9-16-20(28)24(32)22(30)18(12-26)34-16/h1-7,10,15-32H,8-9,11-12H2/b6-2+,7-3+/t15-,16+,17+,18-,19-,20+,21-,22+,23+,24-. The van der Waals surface area contributed by atoms with E-state index in [0.717, 1.165) is 11.1 Å². The maximum Gasteiger partial charge on any atom is 0.111 e. The number of benzene rings is 1. The second-order valence-corrected chi connectivity index (χ2v) is 8.68. The lowest BCUT2D eigenvalue weighted by Gasteiger charge is -2.39. The minimum atomic E-state index is -1.40. The zero-order valence-electron chi connectivity index (χ0n) is 18.6. The van der Waals surface area contributed by atoms with Crippen molar-refractivity contribution in [3.8, 4) is 0 Å². The summed E-state index contributed by atoms with van der Waals surface area (Å²) in [5.41, 5.74) is 1.72. The molecule has 0 aromatic heterocycles. The normalized spacial score (nSPS) is 39.2. The molecule has 2 saturated heterocycles. The molecule has 3 rings (SSSR count). The van der Waals surface area contributed by atoms with Gasteiger partial charge in [-0.1, -0.05) is 42.5 Å². The quantitative estimate of drug-likeness (QED) is 0.210. The van der Waals surface area contributed by atoms with E-state index in [9.17, 15) is 40.9 Å². The van der Waals surface area contributed by atoms with E-state index < -0.39 is 74.3 Å². The number of aliphatic hydroxyl groups excluding tert-OH is 8. The van der Waals surface area contributed by atoms with Crippen LogP contribution in [0.5, 0.6) is 0 Å². The Morgan fingerprint density at radius 1 is 0.588 bits per heavy atom. The van der Waals surface area contributed by atoms with Gasteiger partial charge in [-0.05, 0) is 30.0 Å². The van der Waals surface area contributed by atoms with Crippen LogP contribution in [0.2, 0.25) is 0 Å². The largest absolute Gasteiger partial charge is 0.394 e. The smallest absolute Gasteiger partial charge is 0.111 e. The SMILES string of the molecule is OC[C@@H]1O[C@H](C/C=C/c2cccc(/C=C/C[C@@H]3O[C@H](CO)[C@H](O)[C@H](O)[C@H]3O)c2)[C@@H](O)[C@H](O)[C@@H]1O. The molecule has 1 aromatic rings. The molecule has 0 saturated carbocycles. The van der Waals surface area contributed by atoms with Gasteiger partial charge in [0.2, 0.25) is 0 Å². The molecule has 10 atom stereocenters. The monoisotopic (exact) mass is 482 g/mol. The summed E-state index contributed by atoms with van der Waals surface area (Å²) in [5, 5.41) is 78.3. The molecule has 34 heavy (non-hydrogen) atoms. The van der Waals surface area contributed by atoms with E-state index in [-0.39, 0.29) is 12.8 Å². The van der Waals surface area contributed by atoms with Crippen LogP contribution in [0, 0.1) is 0 Å². The van der Waals surface area contributed by atoms with E-state index in [4.69, 9.17) is 9.47 Å². The first-order chi connectivity index (χ1) is 16.3. The summed E-state index contributed by atoms with van der Waals surface area (Å²) in [7, 11) is 0. The molecule has 190 valence electrons. The van der Waals surface area contributed by atoms with Crippen molar-refractivity contribution in [3.05, 3.63) is 47.5 Å². The Labute approximate surface area is 197 Å². The lowest BCUT2D eigenvalue weighted by Crippen LogP contribution is -2.58. The zero-order valence-corrected chi connectivity index (χ0v) is 18.6. The Bertz CT molecular complexity index is 762. The van der Waals surface area contributed by atoms with Crippen molar-refractivity contribution < 1.29 is 50.3 Å². The summed E-state index contributed by atoms with van der Waals surface area (Å²) in [4.78, 5) is 0. The van der Waals surface area contributed by atoms with Crippen LogP contribution in [0.4, 0.5) is 0 Å².